The van der Waals surface area contributed by atoms with E-state index in [1.807, 2.05) is 88.4 Å². The smallest absolute Gasteiger partial charge is 0.261 e. The molecule has 0 amide bonds. The van der Waals surface area contributed by atoms with E-state index >= 15 is 0 Å². The monoisotopic (exact) mass is 460 g/mol. The van der Waals surface area contributed by atoms with Gasteiger partial charge in [-0.25, -0.2) is 0 Å². The summed E-state index contributed by atoms with van der Waals surface area (Å²) in [6, 6.07) is 18.5. The van der Waals surface area contributed by atoms with Crippen molar-refractivity contribution in [1.82, 2.24) is 0 Å². The third-order valence-electron chi connectivity index (χ3n) is 5.93. The fourth-order valence-electron chi connectivity index (χ4n) is 4.59. The maximum Gasteiger partial charge on any atom is 0.261 e. The first kappa shape index (κ1) is 22.2. The van der Waals surface area contributed by atoms with Gasteiger partial charge in [0.1, 0.15) is 24.9 Å². The summed E-state index contributed by atoms with van der Waals surface area (Å²) in [5.74, 6) is -2.71. The Morgan fingerprint density at radius 1 is 0.875 bits per heavy atom. The first-order chi connectivity index (χ1) is 15.1. The molecule has 2 aromatic rings. The number of hydrogen-bond donors (Lipinski definition) is 0. The van der Waals surface area contributed by atoms with Crippen LogP contribution in [0, 0.1) is 0 Å². The molecule has 172 valence electrons. The molecule has 4 atom stereocenters. The van der Waals surface area contributed by atoms with Crippen LogP contribution in [0.1, 0.15) is 27.7 Å². The van der Waals surface area contributed by atoms with E-state index in [-0.39, 0.29) is 13.2 Å². The van der Waals surface area contributed by atoms with Crippen molar-refractivity contribution in [2.45, 2.75) is 63.4 Å². The third kappa shape index (κ3) is 3.86. The number of benzene rings is 2. The van der Waals surface area contributed by atoms with E-state index in [0.29, 0.717) is 10.6 Å². The van der Waals surface area contributed by atoms with E-state index in [1.54, 1.807) is 0 Å². The molecule has 0 aliphatic carbocycles. The molecule has 3 aliphatic rings. The summed E-state index contributed by atoms with van der Waals surface area (Å²) in [6.07, 6.45) is -1.47. The van der Waals surface area contributed by atoms with Gasteiger partial charge in [0.2, 0.25) is 5.79 Å². The molecule has 3 saturated heterocycles. The minimum Gasteiger partial charge on any atom is -0.345 e. The molecule has 0 radical (unpaired) electrons. The fraction of sp³-hybridized carbons (Fsp3) is 0.500. The highest BCUT2D eigenvalue weighted by molar-refractivity contribution is 7.74. The van der Waals surface area contributed by atoms with Crippen LogP contribution in [-0.4, -0.2) is 48.9 Å². The van der Waals surface area contributed by atoms with Crippen molar-refractivity contribution in [3.05, 3.63) is 60.7 Å². The van der Waals surface area contributed by atoms with Crippen molar-refractivity contribution in [2.75, 3.05) is 13.2 Å². The lowest BCUT2D eigenvalue weighted by Gasteiger charge is -2.31. The highest BCUT2D eigenvalue weighted by Gasteiger charge is 2.67. The van der Waals surface area contributed by atoms with Gasteiger partial charge in [0, 0.05) is 10.6 Å². The number of rotatable bonds is 5. The molecule has 0 aromatic heterocycles. The Morgan fingerprint density at radius 3 is 2.00 bits per heavy atom. The van der Waals surface area contributed by atoms with E-state index in [4.69, 9.17) is 28.2 Å². The van der Waals surface area contributed by atoms with E-state index in [2.05, 4.69) is 0 Å². The highest BCUT2D eigenvalue weighted by atomic mass is 31.2. The molecule has 5 rings (SSSR count). The Hall–Kier alpha value is -1.57. The van der Waals surface area contributed by atoms with Crippen LogP contribution in [0.2, 0.25) is 0 Å². The second-order valence-corrected chi connectivity index (χ2v) is 11.7. The summed E-state index contributed by atoms with van der Waals surface area (Å²) < 4.78 is 51.0. The molecule has 32 heavy (non-hydrogen) atoms. The maximum absolute atomic E-state index is 14.2. The number of fused-ring (bicyclic) bond motifs is 2. The molecule has 8 heteroatoms. The first-order valence-corrected chi connectivity index (χ1v) is 12.5. The standard InChI is InChI=1S/C24H29O7P/c1-22(2)26-16-24(31-22)21-20(29-23(3,4)30-21)19(28-24)15-27-32(25,17-11-7-5-8-12-17)18-13-9-6-10-14-18/h5-14,19-21H,15-16H2,1-4H3/t19-,20+,21-,24+/m1/s1. The SMILES string of the molecule is CC1(C)O[C@@H]2[C@@H](O1)[C@@]1(COC(C)(C)O1)O[C@@H]2COP(=O)(c1ccccc1)c1ccccc1. The normalized spacial score (nSPS) is 32.9. The molecule has 0 bridgehead atoms. The van der Waals surface area contributed by atoms with Crippen LogP contribution in [0.15, 0.2) is 60.7 Å². The van der Waals surface area contributed by atoms with Gasteiger partial charge in [-0.3, -0.25) is 4.57 Å². The summed E-state index contributed by atoms with van der Waals surface area (Å²) in [6.45, 7) is 7.65. The second kappa shape index (κ2) is 7.74. The molecular formula is C24H29O7P. The van der Waals surface area contributed by atoms with Crippen LogP contribution >= 0.6 is 7.37 Å². The van der Waals surface area contributed by atoms with Gasteiger partial charge in [0.05, 0.1) is 6.61 Å². The largest absolute Gasteiger partial charge is 0.345 e. The summed E-state index contributed by atoms with van der Waals surface area (Å²) in [4.78, 5) is 0. The molecule has 3 aliphatic heterocycles. The average molecular weight is 460 g/mol. The molecule has 1 spiro atoms. The topological polar surface area (TPSA) is 72.5 Å². The quantitative estimate of drug-likeness (QED) is 0.634. The lowest BCUT2D eigenvalue weighted by atomic mass is 10.1. The van der Waals surface area contributed by atoms with Gasteiger partial charge in [-0.05, 0) is 52.0 Å². The zero-order valence-corrected chi connectivity index (χ0v) is 19.6. The van der Waals surface area contributed by atoms with Gasteiger partial charge in [-0.15, -0.1) is 0 Å². The van der Waals surface area contributed by atoms with Crippen molar-refractivity contribution < 1.29 is 32.8 Å². The Labute approximate surface area is 188 Å². The average Bonchev–Trinajstić information content (AvgIpc) is 3.36. The van der Waals surface area contributed by atoms with E-state index < -0.39 is 43.0 Å². The maximum atomic E-state index is 14.2. The predicted octanol–water partition coefficient (Wildman–Crippen LogP) is 3.33. The van der Waals surface area contributed by atoms with Crippen LogP contribution in [0.3, 0.4) is 0 Å². The molecule has 0 saturated carbocycles. The van der Waals surface area contributed by atoms with Crippen molar-refractivity contribution in [3.8, 4) is 0 Å². The van der Waals surface area contributed by atoms with Crippen molar-refractivity contribution >= 4 is 18.0 Å². The van der Waals surface area contributed by atoms with Gasteiger partial charge < -0.3 is 28.2 Å². The van der Waals surface area contributed by atoms with Gasteiger partial charge >= 0.3 is 0 Å². The van der Waals surface area contributed by atoms with Crippen LogP contribution in [0.5, 0.6) is 0 Å². The van der Waals surface area contributed by atoms with Crippen LogP contribution in [-0.2, 0) is 32.8 Å². The molecule has 0 unspecified atom stereocenters. The second-order valence-electron chi connectivity index (χ2n) is 9.30. The van der Waals surface area contributed by atoms with Gasteiger partial charge in [0.15, 0.2) is 11.6 Å². The highest BCUT2D eigenvalue weighted by Crippen LogP contribution is 2.51. The molecule has 0 N–H and O–H groups in total. The number of ether oxygens (including phenoxy) is 5. The molecular weight excluding hydrogens is 431 g/mol. The van der Waals surface area contributed by atoms with Crippen molar-refractivity contribution in [3.63, 3.8) is 0 Å². The number of hydrogen-bond acceptors (Lipinski definition) is 7. The molecule has 7 nitrogen and oxygen atoms in total. The van der Waals surface area contributed by atoms with Crippen LogP contribution < -0.4 is 10.6 Å². The summed E-state index contributed by atoms with van der Waals surface area (Å²) in [5.41, 5.74) is 0. The first-order valence-electron chi connectivity index (χ1n) is 10.9. The summed E-state index contributed by atoms with van der Waals surface area (Å²) in [7, 11) is -3.36. The summed E-state index contributed by atoms with van der Waals surface area (Å²) >= 11 is 0. The van der Waals surface area contributed by atoms with Gasteiger partial charge in [-0.1, -0.05) is 36.4 Å². The predicted molar refractivity (Wildman–Crippen MR) is 118 cm³/mol. The van der Waals surface area contributed by atoms with Crippen LogP contribution in [0.25, 0.3) is 0 Å². The lowest BCUT2D eigenvalue weighted by Crippen LogP contribution is -2.46. The fourth-order valence-corrected chi connectivity index (χ4v) is 6.68. The summed E-state index contributed by atoms with van der Waals surface area (Å²) in [5, 5.41) is 1.25. The Bertz CT molecular complexity index is 966. The molecule has 2 aromatic carbocycles. The minimum atomic E-state index is -3.36. The van der Waals surface area contributed by atoms with E-state index in [1.165, 1.54) is 0 Å². The lowest BCUT2D eigenvalue weighted by molar-refractivity contribution is -0.297. The van der Waals surface area contributed by atoms with Crippen LogP contribution in [0.4, 0.5) is 0 Å². The van der Waals surface area contributed by atoms with Gasteiger partial charge in [-0.2, -0.15) is 0 Å². The zero-order valence-electron chi connectivity index (χ0n) is 18.7. The Balaban J connectivity index is 1.43. The minimum absolute atomic E-state index is 0.0488. The van der Waals surface area contributed by atoms with Gasteiger partial charge in [0.25, 0.3) is 7.37 Å². The Kier molecular flexibility index (Phi) is 5.38. The molecule has 3 fully saturated rings. The van der Waals surface area contributed by atoms with Crippen molar-refractivity contribution in [2.24, 2.45) is 0 Å². The van der Waals surface area contributed by atoms with E-state index in [9.17, 15) is 4.57 Å². The zero-order chi connectivity index (χ0) is 22.6. The van der Waals surface area contributed by atoms with E-state index in [0.717, 1.165) is 0 Å². The third-order valence-corrected chi connectivity index (χ3v) is 8.40. The Morgan fingerprint density at radius 2 is 1.47 bits per heavy atom. The van der Waals surface area contributed by atoms with Crippen molar-refractivity contribution in [1.29, 1.82) is 0 Å². The molecule has 3 heterocycles.